The Bertz CT molecular complexity index is 611. The predicted molar refractivity (Wildman–Crippen MR) is 96.9 cm³/mol. The van der Waals surface area contributed by atoms with E-state index in [1.54, 1.807) is 7.11 Å². The maximum Gasteiger partial charge on any atom is 0.191 e. The number of guanidine groups is 1. The number of nitrogens with zero attached hydrogens (tertiary/aromatic N) is 2. The van der Waals surface area contributed by atoms with E-state index in [2.05, 4.69) is 27.1 Å². The summed E-state index contributed by atoms with van der Waals surface area (Å²) < 4.78 is 13.0. The lowest BCUT2D eigenvalue weighted by Crippen LogP contribution is -2.39. The molecule has 0 bridgehead atoms. The number of aromatic nitrogens is 1. The normalized spacial score (nSPS) is 11.2. The van der Waals surface area contributed by atoms with E-state index >= 15 is 0 Å². The average Bonchev–Trinajstić information content (AvgIpc) is 3.12. The molecular formula is C18H26N4O2. The Morgan fingerprint density at radius 3 is 2.67 bits per heavy atom. The highest BCUT2D eigenvalue weighted by atomic mass is 16.5. The van der Waals surface area contributed by atoms with E-state index in [0.29, 0.717) is 13.2 Å². The van der Waals surface area contributed by atoms with Crippen molar-refractivity contribution in [2.75, 3.05) is 33.4 Å². The molecule has 0 unspecified atom stereocenters. The van der Waals surface area contributed by atoms with Gasteiger partial charge in [0.2, 0.25) is 0 Å². The molecule has 6 nitrogen and oxygen atoms in total. The molecule has 130 valence electrons. The van der Waals surface area contributed by atoms with Gasteiger partial charge in [-0.05, 0) is 31.2 Å². The predicted octanol–water partition coefficient (Wildman–Crippen LogP) is 2.13. The lowest BCUT2D eigenvalue weighted by molar-refractivity contribution is 0.319. The minimum absolute atomic E-state index is 0.551. The Morgan fingerprint density at radius 1 is 1.12 bits per heavy atom. The summed E-state index contributed by atoms with van der Waals surface area (Å²) in [5.41, 5.74) is 0. The van der Waals surface area contributed by atoms with Gasteiger partial charge in [0.25, 0.3) is 0 Å². The summed E-state index contributed by atoms with van der Waals surface area (Å²) in [5, 5.41) is 6.51. The zero-order valence-electron chi connectivity index (χ0n) is 14.4. The van der Waals surface area contributed by atoms with Crippen LogP contribution in [-0.4, -0.2) is 43.9 Å². The lowest BCUT2D eigenvalue weighted by Gasteiger charge is -2.12. The number of ether oxygens (including phenoxy) is 2. The van der Waals surface area contributed by atoms with Gasteiger partial charge in [-0.3, -0.25) is 4.99 Å². The molecule has 1 aromatic carbocycles. The minimum Gasteiger partial charge on any atom is -0.497 e. The molecule has 2 N–H and O–H groups in total. The third-order valence-electron chi connectivity index (χ3n) is 3.34. The van der Waals surface area contributed by atoms with Gasteiger partial charge < -0.3 is 24.7 Å². The third kappa shape index (κ3) is 6.24. The van der Waals surface area contributed by atoms with Gasteiger partial charge in [0.05, 0.1) is 20.2 Å². The van der Waals surface area contributed by atoms with E-state index in [-0.39, 0.29) is 0 Å². The van der Waals surface area contributed by atoms with Gasteiger partial charge in [0, 0.05) is 31.5 Å². The maximum absolute atomic E-state index is 5.71. The number of methoxy groups -OCH3 is 1. The van der Waals surface area contributed by atoms with Gasteiger partial charge in [-0.1, -0.05) is 6.07 Å². The molecule has 24 heavy (non-hydrogen) atoms. The Labute approximate surface area is 143 Å². The Morgan fingerprint density at radius 2 is 1.92 bits per heavy atom. The Balaban J connectivity index is 1.72. The topological polar surface area (TPSA) is 59.8 Å². The smallest absolute Gasteiger partial charge is 0.191 e. The van der Waals surface area contributed by atoms with Crippen LogP contribution in [0.5, 0.6) is 11.5 Å². The molecule has 0 amide bonds. The molecule has 0 atom stereocenters. The van der Waals surface area contributed by atoms with Crippen LogP contribution in [0.4, 0.5) is 0 Å². The number of hydrogen-bond donors (Lipinski definition) is 2. The van der Waals surface area contributed by atoms with Crippen molar-refractivity contribution in [2.24, 2.45) is 4.99 Å². The largest absolute Gasteiger partial charge is 0.497 e. The molecule has 0 saturated carbocycles. The van der Waals surface area contributed by atoms with E-state index in [0.717, 1.165) is 37.1 Å². The fourth-order valence-electron chi connectivity index (χ4n) is 2.17. The molecule has 0 spiro atoms. The Kier molecular flexibility index (Phi) is 7.53. The Hall–Kier alpha value is -2.63. The van der Waals surface area contributed by atoms with Crippen LogP contribution in [-0.2, 0) is 6.54 Å². The second-order valence-electron chi connectivity index (χ2n) is 5.14. The summed E-state index contributed by atoms with van der Waals surface area (Å²) in [6.07, 6.45) is 4.08. The fraction of sp³-hybridized carbons (Fsp3) is 0.389. The molecule has 6 heteroatoms. The van der Waals surface area contributed by atoms with Crippen molar-refractivity contribution in [1.82, 2.24) is 15.2 Å². The first kappa shape index (κ1) is 17.7. The van der Waals surface area contributed by atoms with E-state index in [1.807, 2.05) is 48.8 Å². The van der Waals surface area contributed by atoms with Crippen LogP contribution < -0.4 is 20.1 Å². The van der Waals surface area contributed by atoms with Crippen LogP contribution in [0.15, 0.2) is 53.8 Å². The van der Waals surface area contributed by atoms with Gasteiger partial charge in [-0.2, -0.15) is 0 Å². The summed E-state index contributed by atoms with van der Waals surface area (Å²) in [5.74, 6) is 2.39. The van der Waals surface area contributed by atoms with Crippen molar-refractivity contribution >= 4 is 5.96 Å². The molecule has 1 aromatic heterocycles. The first-order valence-corrected chi connectivity index (χ1v) is 8.21. The lowest BCUT2D eigenvalue weighted by atomic mass is 10.3. The van der Waals surface area contributed by atoms with Gasteiger partial charge in [-0.25, -0.2) is 0 Å². The monoisotopic (exact) mass is 330 g/mol. The molecule has 0 fully saturated rings. The first-order valence-electron chi connectivity index (χ1n) is 8.21. The van der Waals surface area contributed by atoms with Gasteiger partial charge in [-0.15, -0.1) is 0 Å². The first-order chi connectivity index (χ1) is 11.8. The van der Waals surface area contributed by atoms with Crippen molar-refractivity contribution in [3.05, 3.63) is 48.8 Å². The highest BCUT2D eigenvalue weighted by molar-refractivity contribution is 5.79. The summed E-state index contributed by atoms with van der Waals surface area (Å²) in [6, 6.07) is 11.6. The van der Waals surface area contributed by atoms with Crippen LogP contribution >= 0.6 is 0 Å². The molecule has 0 aliphatic heterocycles. The van der Waals surface area contributed by atoms with Crippen molar-refractivity contribution in [2.45, 2.75) is 13.5 Å². The van der Waals surface area contributed by atoms with Gasteiger partial charge in [0.15, 0.2) is 5.96 Å². The zero-order valence-corrected chi connectivity index (χ0v) is 14.4. The molecule has 0 aliphatic rings. The van der Waals surface area contributed by atoms with Crippen LogP contribution in [0, 0.1) is 0 Å². The van der Waals surface area contributed by atoms with Crippen LogP contribution in [0.25, 0.3) is 0 Å². The van der Waals surface area contributed by atoms with E-state index in [9.17, 15) is 0 Å². The number of nitrogens with one attached hydrogen (secondary N) is 2. The van der Waals surface area contributed by atoms with Gasteiger partial charge in [0.1, 0.15) is 18.1 Å². The average molecular weight is 330 g/mol. The maximum atomic E-state index is 5.71. The zero-order chi connectivity index (χ0) is 17.0. The van der Waals surface area contributed by atoms with Crippen molar-refractivity contribution in [1.29, 1.82) is 0 Å². The van der Waals surface area contributed by atoms with E-state index in [4.69, 9.17) is 9.47 Å². The second-order valence-corrected chi connectivity index (χ2v) is 5.14. The summed E-state index contributed by atoms with van der Waals surface area (Å²) in [7, 11) is 1.65. The molecular weight excluding hydrogens is 304 g/mol. The quantitative estimate of drug-likeness (QED) is 0.420. The molecule has 1 heterocycles. The summed E-state index contributed by atoms with van der Waals surface area (Å²) in [6.45, 7) is 5.69. The summed E-state index contributed by atoms with van der Waals surface area (Å²) in [4.78, 5) is 4.56. The van der Waals surface area contributed by atoms with Crippen LogP contribution in [0.2, 0.25) is 0 Å². The van der Waals surface area contributed by atoms with Crippen molar-refractivity contribution in [3.8, 4) is 11.5 Å². The van der Waals surface area contributed by atoms with Crippen molar-refractivity contribution in [3.63, 3.8) is 0 Å². The molecule has 0 aliphatic carbocycles. The fourth-order valence-corrected chi connectivity index (χ4v) is 2.17. The van der Waals surface area contributed by atoms with Crippen LogP contribution in [0.1, 0.15) is 6.92 Å². The van der Waals surface area contributed by atoms with Gasteiger partial charge >= 0.3 is 0 Å². The highest BCUT2D eigenvalue weighted by Gasteiger charge is 1.99. The van der Waals surface area contributed by atoms with E-state index in [1.165, 1.54) is 0 Å². The number of benzene rings is 1. The third-order valence-corrected chi connectivity index (χ3v) is 3.34. The highest BCUT2D eigenvalue weighted by Crippen LogP contribution is 2.18. The number of hydrogen-bond acceptors (Lipinski definition) is 3. The van der Waals surface area contributed by atoms with Crippen LogP contribution in [0.3, 0.4) is 0 Å². The standard InChI is InChI=1S/C18H26N4O2/c1-3-19-18(20-9-13-22-11-4-5-12-22)21-10-14-24-17-8-6-7-16(15-17)23-2/h4-8,11-12,15H,3,9-10,13-14H2,1-2H3,(H2,19,20,21). The summed E-state index contributed by atoms with van der Waals surface area (Å²) >= 11 is 0. The van der Waals surface area contributed by atoms with E-state index < -0.39 is 0 Å². The molecule has 0 saturated heterocycles. The SMILES string of the molecule is CCNC(=NCCn1cccc1)NCCOc1cccc(OC)c1. The molecule has 2 rings (SSSR count). The molecule has 0 radical (unpaired) electrons. The number of aliphatic imine (C=N–C) groups is 1. The van der Waals surface area contributed by atoms with Crippen molar-refractivity contribution < 1.29 is 9.47 Å². The second kappa shape index (κ2) is 10.2. The minimum atomic E-state index is 0.551. The number of rotatable bonds is 9. The molecule has 2 aromatic rings.